The van der Waals surface area contributed by atoms with Gasteiger partial charge in [0, 0.05) is 19.3 Å². The number of hydrogen-bond acceptors (Lipinski definition) is 4. The normalized spacial score (nSPS) is 11.8. The standard InChI is InChI=1S/C23H32FN3O3S.HI/c1-5-25-23(26-13-12-18-6-10-22(11-7-18)30-17(2)3)27-15-20-14-21(24)9-8-19(20)16-31(4,28)29;/h6-11,14,17H,5,12-13,15-16H2,1-4H3,(H2,25,26,27);1H. The van der Waals surface area contributed by atoms with Gasteiger partial charge in [-0.3, -0.25) is 0 Å². The molecule has 9 heteroatoms. The molecule has 32 heavy (non-hydrogen) atoms. The van der Waals surface area contributed by atoms with Crippen molar-refractivity contribution in [3.8, 4) is 5.75 Å². The molecular formula is C23H33FIN3O3S. The van der Waals surface area contributed by atoms with Crippen molar-refractivity contribution in [2.24, 2.45) is 4.99 Å². The molecule has 0 heterocycles. The van der Waals surface area contributed by atoms with Crippen LogP contribution in [-0.4, -0.2) is 39.8 Å². The molecule has 0 amide bonds. The number of ether oxygens (including phenoxy) is 1. The number of nitrogens with zero attached hydrogens (tertiary/aromatic N) is 1. The Hall–Kier alpha value is -1.88. The zero-order valence-corrected chi connectivity index (χ0v) is 22.2. The van der Waals surface area contributed by atoms with Crippen LogP contribution in [-0.2, 0) is 28.6 Å². The maximum Gasteiger partial charge on any atom is 0.191 e. The Labute approximate surface area is 208 Å². The lowest BCUT2D eigenvalue weighted by Crippen LogP contribution is -2.38. The fraction of sp³-hybridized carbons (Fsp3) is 0.435. The van der Waals surface area contributed by atoms with Gasteiger partial charge in [-0.25, -0.2) is 17.8 Å². The highest BCUT2D eigenvalue weighted by Gasteiger charge is 2.11. The van der Waals surface area contributed by atoms with Gasteiger partial charge in [0.1, 0.15) is 11.6 Å². The molecule has 178 valence electrons. The fourth-order valence-electron chi connectivity index (χ4n) is 3.00. The number of benzene rings is 2. The van der Waals surface area contributed by atoms with Crippen LogP contribution in [0.5, 0.6) is 5.75 Å². The third kappa shape index (κ3) is 10.6. The molecule has 0 spiro atoms. The van der Waals surface area contributed by atoms with Crippen LogP contribution >= 0.6 is 24.0 Å². The minimum atomic E-state index is -3.23. The van der Waals surface area contributed by atoms with Crippen LogP contribution in [0, 0.1) is 5.82 Å². The fourth-order valence-corrected chi connectivity index (χ4v) is 3.85. The Morgan fingerprint density at radius 1 is 1.09 bits per heavy atom. The van der Waals surface area contributed by atoms with E-state index < -0.39 is 15.7 Å². The molecule has 0 saturated heterocycles. The molecule has 0 aromatic heterocycles. The highest BCUT2D eigenvalue weighted by atomic mass is 127. The Morgan fingerprint density at radius 3 is 2.38 bits per heavy atom. The third-order valence-electron chi connectivity index (χ3n) is 4.34. The third-order valence-corrected chi connectivity index (χ3v) is 5.17. The summed E-state index contributed by atoms with van der Waals surface area (Å²) in [5.41, 5.74) is 2.29. The molecule has 2 rings (SSSR count). The Balaban J connectivity index is 0.00000512. The number of hydrogen-bond donors (Lipinski definition) is 2. The smallest absolute Gasteiger partial charge is 0.191 e. The molecular weight excluding hydrogens is 544 g/mol. The van der Waals surface area contributed by atoms with Crippen molar-refractivity contribution >= 4 is 39.8 Å². The van der Waals surface area contributed by atoms with E-state index in [1.165, 1.54) is 23.8 Å². The lowest BCUT2D eigenvalue weighted by atomic mass is 10.1. The van der Waals surface area contributed by atoms with Crippen molar-refractivity contribution in [3.05, 3.63) is 65.0 Å². The lowest BCUT2D eigenvalue weighted by molar-refractivity contribution is 0.242. The molecule has 0 saturated carbocycles. The van der Waals surface area contributed by atoms with Gasteiger partial charge >= 0.3 is 0 Å². The van der Waals surface area contributed by atoms with E-state index in [2.05, 4.69) is 15.6 Å². The molecule has 2 N–H and O–H groups in total. The number of rotatable bonds is 10. The summed E-state index contributed by atoms with van der Waals surface area (Å²) < 4.78 is 42.7. The number of sulfone groups is 1. The zero-order chi connectivity index (χ0) is 22.9. The van der Waals surface area contributed by atoms with Crippen molar-refractivity contribution in [1.29, 1.82) is 0 Å². The predicted molar refractivity (Wildman–Crippen MR) is 139 cm³/mol. The van der Waals surface area contributed by atoms with Gasteiger partial charge in [-0.05, 0) is 68.1 Å². The van der Waals surface area contributed by atoms with E-state index in [0.29, 0.717) is 30.2 Å². The Kier molecular flexibility index (Phi) is 12.0. The lowest BCUT2D eigenvalue weighted by Gasteiger charge is -2.13. The van der Waals surface area contributed by atoms with Gasteiger partial charge < -0.3 is 15.4 Å². The predicted octanol–water partition coefficient (Wildman–Crippen LogP) is 4.07. The maximum absolute atomic E-state index is 13.7. The van der Waals surface area contributed by atoms with Crippen molar-refractivity contribution < 1.29 is 17.5 Å². The molecule has 0 aliphatic rings. The summed E-state index contributed by atoms with van der Waals surface area (Å²) in [6, 6.07) is 12.1. The highest BCUT2D eigenvalue weighted by molar-refractivity contribution is 14.0. The van der Waals surface area contributed by atoms with Crippen LogP contribution in [0.25, 0.3) is 0 Å². The maximum atomic E-state index is 13.7. The first-order chi connectivity index (χ1) is 14.7. The summed E-state index contributed by atoms with van der Waals surface area (Å²) in [6.45, 7) is 7.46. The van der Waals surface area contributed by atoms with E-state index in [0.717, 1.165) is 18.4 Å². The molecule has 0 fully saturated rings. The minimum Gasteiger partial charge on any atom is -0.491 e. The van der Waals surface area contributed by atoms with Crippen molar-refractivity contribution in [2.45, 2.75) is 45.6 Å². The summed E-state index contributed by atoms with van der Waals surface area (Å²) >= 11 is 0. The summed E-state index contributed by atoms with van der Waals surface area (Å²) in [6.07, 6.45) is 2.10. The summed E-state index contributed by atoms with van der Waals surface area (Å²) in [7, 11) is -3.23. The van der Waals surface area contributed by atoms with Crippen LogP contribution < -0.4 is 15.4 Å². The second-order valence-electron chi connectivity index (χ2n) is 7.67. The van der Waals surface area contributed by atoms with Crippen LogP contribution in [0.4, 0.5) is 4.39 Å². The zero-order valence-electron chi connectivity index (χ0n) is 19.0. The van der Waals surface area contributed by atoms with Crippen LogP contribution in [0.3, 0.4) is 0 Å². The molecule has 0 radical (unpaired) electrons. The molecule has 0 atom stereocenters. The van der Waals surface area contributed by atoms with E-state index in [9.17, 15) is 12.8 Å². The van der Waals surface area contributed by atoms with Gasteiger partial charge in [-0.1, -0.05) is 18.2 Å². The summed E-state index contributed by atoms with van der Waals surface area (Å²) in [5, 5.41) is 6.42. The Bertz CT molecular complexity index is 980. The van der Waals surface area contributed by atoms with Gasteiger partial charge in [0.25, 0.3) is 0 Å². The summed E-state index contributed by atoms with van der Waals surface area (Å²) in [4.78, 5) is 4.51. The first kappa shape index (κ1) is 28.2. The highest BCUT2D eigenvalue weighted by Crippen LogP contribution is 2.16. The molecule has 6 nitrogen and oxygen atoms in total. The molecule has 0 aliphatic carbocycles. The molecule has 0 aliphatic heterocycles. The van der Waals surface area contributed by atoms with Gasteiger partial charge in [0.2, 0.25) is 0 Å². The van der Waals surface area contributed by atoms with Gasteiger partial charge in [0.05, 0.1) is 18.4 Å². The van der Waals surface area contributed by atoms with E-state index in [1.807, 2.05) is 45.0 Å². The van der Waals surface area contributed by atoms with Crippen molar-refractivity contribution in [1.82, 2.24) is 10.6 Å². The van der Waals surface area contributed by atoms with E-state index in [1.54, 1.807) is 0 Å². The number of guanidine groups is 1. The largest absolute Gasteiger partial charge is 0.491 e. The second kappa shape index (κ2) is 13.6. The quantitative estimate of drug-likeness (QED) is 0.253. The Morgan fingerprint density at radius 2 is 1.78 bits per heavy atom. The number of nitrogens with one attached hydrogen (secondary N) is 2. The van der Waals surface area contributed by atoms with Crippen LogP contribution in [0.1, 0.15) is 37.5 Å². The van der Waals surface area contributed by atoms with Crippen LogP contribution in [0.15, 0.2) is 47.5 Å². The average Bonchev–Trinajstić information content (AvgIpc) is 2.68. The first-order valence-corrected chi connectivity index (χ1v) is 12.4. The topological polar surface area (TPSA) is 79.8 Å². The number of halogens is 2. The second-order valence-corrected chi connectivity index (χ2v) is 9.81. The molecule has 0 unspecified atom stereocenters. The van der Waals surface area contributed by atoms with E-state index >= 15 is 0 Å². The van der Waals surface area contributed by atoms with Crippen molar-refractivity contribution in [3.63, 3.8) is 0 Å². The van der Waals surface area contributed by atoms with Crippen molar-refractivity contribution in [2.75, 3.05) is 19.3 Å². The first-order valence-electron chi connectivity index (χ1n) is 10.4. The minimum absolute atomic E-state index is 0. The molecule has 2 aromatic rings. The SMILES string of the molecule is CCNC(=NCc1cc(F)ccc1CS(C)(=O)=O)NCCc1ccc(OC(C)C)cc1.I. The van der Waals surface area contributed by atoms with E-state index in [-0.39, 0.29) is 42.4 Å². The van der Waals surface area contributed by atoms with Gasteiger partial charge in [-0.15, -0.1) is 24.0 Å². The average molecular weight is 578 g/mol. The molecule has 0 bridgehead atoms. The van der Waals surface area contributed by atoms with E-state index in [4.69, 9.17) is 4.74 Å². The van der Waals surface area contributed by atoms with Crippen LogP contribution in [0.2, 0.25) is 0 Å². The summed E-state index contributed by atoms with van der Waals surface area (Å²) in [5.74, 6) is 0.891. The molecule has 2 aromatic carbocycles. The monoisotopic (exact) mass is 577 g/mol. The van der Waals surface area contributed by atoms with Gasteiger partial charge in [-0.2, -0.15) is 0 Å². The van der Waals surface area contributed by atoms with Gasteiger partial charge in [0.15, 0.2) is 15.8 Å². The number of aliphatic imine (C=N–C) groups is 1.